The lowest BCUT2D eigenvalue weighted by Gasteiger charge is -2.13. The van der Waals surface area contributed by atoms with E-state index in [4.69, 9.17) is 21.7 Å². The van der Waals surface area contributed by atoms with Gasteiger partial charge in [-0.1, -0.05) is 24.4 Å². The lowest BCUT2D eigenvalue weighted by molar-refractivity contribution is 0.0526. The number of nitrogens with one attached hydrogen (secondary N) is 1. The van der Waals surface area contributed by atoms with Gasteiger partial charge in [0.05, 0.1) is 29.5 Å². The molecule has 6 heteroatoms. The van der Waals surface area contributed by atoms with Gasteiger partial charge in [-0.25, -0.2) is 4.79 Å². The van der Waals surface area contributed by atoms with Crippen molar-refractivity contribution >= 4 is 18.2 Å². The van der Waals surface area contributed by atoms with Gasteiger partial charge in [-0.2, -0.15) is 5.26 Å². The number of aromatic nitrogens is 1. The van der Waals surface area contributed by atoms with Gasteiger partial charge in [-0.15, -0.1) is 0 Å². The van der Waals surface area contributed by atoms with Crippen molar-refractivity contribution in [2.45, 2.75) is 13.8 Å². The van der Waals surface area contributed by atoms with Gasteiger partial charge in [0.2, 0.25) is 0 Å². The van der Waals surface area contributed by atoms with E-state index in [9.17, 15) is 10.1 Å². The molecule has 0 fully saturated rings. The van der Waals surface area contributed by atoms with Gasteiger partial charge >= 0.3 is 5.97 Å². The number of hydrogen-bond acceptors (Lipinski definition) is 5. The van der Waals surface area contributed by atoms with E-state index in [1.807, 2.05) is 18.2 Å². The summed E-state index contributed by atoms with van der Waals surface area (Å²) in [5, 5.41) is 9.27. The summed E-state index contributed by atoms with van der Waals surface area (Å²) < 4.78 is 10.5. The fourth-order valence-electron chi connectivity index (χ4n) is 2.25. The van der Waals surface area contributed by atoms with Gasteiger partial charge in [0.1, 0.15) is 17.4 Å². The Labute approximate surface area is 139 Å². The molecule has 2 rings (SSSR count). The van der Waals surface area contributed by atoms with E-state index >= 15 is 0 Å². The van der Waals surface area contributed by atoms with Crippen LogP contribution in [-0.2, 0) is 4.74 Å². The lowest BCUT2D eigenvalue weighted by atomic mass is 10.0. The maximum absolute atomic E-state index is 12.3. The summed E-state index contributed by atoms with van der Waals surface area (Å²) in [4.78, 5) is 15.4. The number of rotatable bonds is 4. The van der Waals surface area contributed by atoms with Gasteiger partial charge in [0, 0.05) is 11.3 Å². The molecule has 0 atom stereocenters. The lowest BCUT2D eigenvalue weighted by Crippen LogP contribution is -2.11. The standard InChI is InChI=1S/C17H16N2O3S/c1-4-22-17(20)14-15(11-6-5-7-12(8-11)21-3)19-10(2)13(9-18)16(14)23/h5-8H,4H2,1-3H3,(H,19,23). The number of pyridine rings is 1. The molecule has 118 valence electrons. The molecule has 0 unspecified atom stereocenters. The molecule has 0 aliphatic heterocycles. The zero-order chi connectivity index (χ0) is 17.0. The van der Waals surface area contributed by atoms with E-state index in [1.165, 1.54) is 0 Å². The molecule has 1 aromatic heterocycles. The van der Waals surface area contributed by atoms with Crippen molar-refractivity contribution in [3.8, 4) is 23.1 Å². The van der Waals surface area contributed by atoms with Crippen molar-refractivity contribution in [2.24, 2.45) is 0 Å². The molecule has 0 saturated carbocycles. The second-order valence-electron chi connectivity index (χ2n) is 4.77. The molecule has 0 amide bonds. The molecule has 23 heavy (non-hydrogen) atoms. The summed E-state index contributed by atoms with van der Waals surface area (Å²) in [6.07, 6.45) is 0. The van der Waals surface area contributed by atoms with Crippen LogP contribution in [0.3, 0.4) is 0 Å². The third kappa shape index (κ3) is 3.25. The van der Waals surface area contributed by atoms with E-state index < -0.39 is 5.97 Å². The van der Waals surface area contributed by atoms with Crippen LogP contribution in [-0.4, -0.2) is 24.7 Å². The maximum Gasteiger partial charge on any atom is 0.341 e. The minimum absolute atomic E-state index is 0.192. The predicted octanol–water partition coefficient (Wildman–Crippen LogP) is 3.78. The van der Waals surface area contributed by atoms with Crippen molar-refractivity contribution in [3.63, 3.8) is 0 Å². The fraction of sp³-hybridized carbons (Fsp3) is 0.235. The maximum atomic E-state index is 12.3. The normalized spacial score (nSPS) is 10.0. The Morgan fingerprint density at radius 3 is 2.78 bits per heavy atom. The van der Waals surface area contributed by atoms with Gasteiger partial charge in [0.25, 0.3) is 0 Å². The highest BCUT2D eigenvalue weighted by Gasteiger charge is 2.21. The first-order valence-electron chi connectivity index (χ1n) is 7.02. The van der Waals surface area contributed by atoms with Crippen molar-refractivity contribution in [1.29, 1.82) is 5.26 Å². The third-order valence-electron chi connectivity index (χ3n) is 3.34. The van der Waals surface area contributed by atoms with Crippen LogP contribution in [0.2, 0.25) is 0 Å². The highest BCUT2D eigenvalue weighted by molar-refractivity contribution is 7.71. The highest BCUT2D eigenvalue weighted by Crippen LogP contribution is 2.28. The number of hydrogen-bond donors (Lipinski definition) is 1. The van der Waals surface area contributed by atoms with Gasteiger partial charge in [-0.3, -0.25) is 0 Å². The van der Waals surface area contributed by atoms with Crippen LogP contribution in [0.1, 0.15) is 28.5 Å². The molecule has 0 radical (unpaired) electrons. The van der Waals surface area contributed by atoms with Crippen LogP contribution in [0.15, 0.2) is 24.3 Å². The summed E-state index contributed by atoms with van der Waals surface area (Å²) in [6.45, 7) is 3.68. The number of esters is 1. The second kappa shape index (κ2) is 7.07. The monoisotopic (exact) mass is 328 g/mol. The summed E-state index contributed by atoms with van der Waals surface area (Å²) in [7, 11) is 1.57. The fourth-order valence-corrected chi connectivity index (χ4v) is 2.63. The predicted molar refractivity (Wildman–Crippen MR) is 89.0 cm³/mol. The first-order valence-corrected chi connectivity index (χ1v) is 7.42. The molecule has 1 aromatic carbocycles. The van der Waals surface area contributed by atoms with E-state index in [2.05, 4.69) is 4.98 Å². The number of nitriles is 1. The molecule has 1 heterocycles. The average molecular weight is 328 g/mol. The molecule has 0 aliphatic carbocycles. The molecular formula is C17H16N2O3S. The van der Waals surface area contributed by atoms with Crippen LogP contribution >= 0.6 is 12.2 Å². The van der Waals surface area contributed by atoms with Crippen LogP contribution in [0.5, 0.6) is 5.75 Å². The average Bonchev–Trinajstić information content (AvgIpc) is 2.54. The van der Waals surface area contributed by atoms with Crippen molar-refractivity contribution in [2.75, 3.05) is 13.7 Å². The number of carbonyl (C=O) groups is 1. The smallest absolute Gasteiger partial charge is 0.341 e. The van der Waals surface area contributed by atoms with Gasteiger partial charge < -0.3 is 14.5 Å². The van der Waals surface area contributed by atoms with Crippen LogP contribution in [0.25, 0.3) is 11.3 Å². The zero-order valence-electron chi connectivity index (χ0n) is 13.1. The SMILES string of the molecule is CCOC(=O)c1c(-c2cccc(OC)c2)[nH]c(C)c(C#N)c1=S. The van der Waals surface area contributed by atoms with Gasteiger partial charge in [-0.05, 0) is 26.0 Å². The van der Waals surface area contributed by atoms with Crippen LogP contribution in [0.4, 0.5) is 0 Å². The topological polar surface area (TPSA) is 75.1 Å². The largest absolute Gasteiger partial charge is 0.497 e. The van der Waals surface area contributed by atoms with E-state index in [1.54, 1.807) is 33.1 Å². The number of benzene rings is 1. The molecule has 2 aromatic rings. The van der Waals surface area contributed by atoms with Crippen LogP contribution in [0, 0.1) is 22.8 Å². The molecule has 0 spiro atoms. The van der Waals surface area contributed by atoms with E-state index in [-0.39, 0.29) is 22.2 Å². The van der Waals surface area contributed by atoms with E-state index in [0.717, 1.165) is 5.56 Å². The molecule has 0 saturated heterocycles. The number of nitrogens with zero attached hydrogens (tertiary/aromatic N) is 1. The number of methoxy groups -OCH3 is 1. The Hall–Kier alpha value is -2.65. The Bertz CT molecular complexity index is 850. The Morgan fingerprint density at radius 1 is 1.43 bits per heavy atom. The van der Waals surface area contributed by atoms with E-state index in [0.29, 0.717) is 17.1 Å². The Morgan fingerprint density at radius 2 is 2.17 bits per heavy atom. The minimum Gasteiger partial charge on any atom is -0.497 e. The van der Waals surface area contributed by atoms with Crippen molar-refractivity contribution in [3.05, 3.63) is 45.6 Å². The minimum atomic E-state index is -0.553. The van der Waals surface area contributed by atoms with Gasteiger partial charge in [0.15, 0.2) is 0 Å². The molecule has 5 nitrogen and oxygen atoms in total. The Balaban J connectivity index is 2.78. The highest BCUT2D eigenvalue weighted by atomic mass is 32.1. The number of aryl methyl sites for hydroxylation is 1. The summed E-state index contributed by atoms with van der Waals surface area (Å²) in [5.74, 6) is 0.0988. The second-order valence-corrected chi connectivity index (χ2v) is 5.18. The molecule has 0 bridgehead atoms. The number of carbonyl (C=O) groups excluding carboxylic acids is 1. The first-order chi connectivity index (χ1) is 11.0. The van der Waals surface area contributed by atoms with Crippen LogP contribution < -0.4 is 4.74 Å². The number of aromatic amines is 1. The molecular weight excluding hydrogens is 312 g/mol. The van der Waals surface area contributed by atoms with Crippen molar-refractivity contribution < 1.29 is 14.3 Å². The zero-order valence-corrected chi connectivity index (χ0v) is 13.9. The molecule has 1 N–H and O–H groups in total. The van der Waals surface area contributed by atoms with Crippen molar-refractivity contribution in [1.82, 2.24) is 4.98 Å². The quantitative estimate of drug-likeness (QED) is 0.683. The molecule has 0 aliphatic rings. The Kier molecular flexibility index (Phi) is 5.14. The summed E-state index contributed by atoms with van der Waals surface area (Å²) >= 11 is 5.34. The third-order valence-corrected chi connectivity index (χ3v) is 3.75. The summed E-state index contributed by atoms with van der Waals surface area (Å²) in [6, 6.07) is 9.27. The number of H-pyrrole nitrogens is 1. The summed E-state index contributed by atoms with van der Waals surface area (Å²) in [5.41, 5.74) is 2.31. The number of ether oxygens (including phenoxy) is 2. The first kappa shape index (κ1) is 16.7.